The molecule has 0 radical (unpaired) electrons. The number of hydrogen-bond donors (Lipinski definition) is 0. The fourth-order valence-corrected chi connectivity index (χ4v) is 4.71. The molecule has 168 valence electrons. The summed E-state index contributed by atoms with van der Waals surface area (Å²) in [6.07, 6.45) is 1.81. The van der Waals surface area contributed by atoms with Crippen LogP contribution in [0.4, 0.5) is 16.2 Å². The van der Waals surface area contributed by atoms with Gasteiger partial charge in [0.25, 0.3) is 0 Å². The van der Waals surface area contributed by atoms with E-state index in [9.17, 15) is 4.79 Å². The fourth-order valence-electron chi connectivity index (χ4n) is 4.71. The van der Waals surface area contributed by atoms with Crippen molar-refractivity contribution >= 4 is 17.5 Å². The fraction of sp³-hybridized carbons (Fsp3) is 0.640. The van der Waals surface area contributed by atoms with E-state index in [4.69, 9.17) is 4.74 Å². The summed E-state index contributed by atoms with van der Waals surface area (Å²) >= 11 is 0. The monoisotopic (exact) mass is 415 g/mol. The number of rotatable bonds is 3. The molecule has 1 saturated heterocycles. The summed E-state index contributed by atoms with van der Waals surface area (Å²) in [5, 5.41) is 0. The van der Waals surface area contributed by atoms with Crippen LogP contribution in [0.5, 0.6) is 0 Å². The minimum absolute atomic E-state index is 0. The number of carbonyl (C=O) groups is 1. The van der Waals surface area contributed by atoms with E-state index in [1.165, 1.54) is 16.9 Å². The summed E-state index contributed by atoms with van der Waals surface area (Å²) in [5.74, 6) is 0.580. The van der Waals surface area contributed by atoms with Crippen LogP contribution in [0.25, 0.3) is 0 Å². The van der Waals surface area contributed by atoms with Crippen LogP contribution < -0.4 is 9.80 Å². The second kappa shape index (κ2) is 8.52. The highest BCUT2D eigenvalue weighted by molar-refractivity contribution is 5.70. The van der Waals surface area contributed by atoms with Crippen molar-refractivity contribution in [3.8, 4) is 0 Å². The largest absolute Gasteiger partial charge is 0.444 e. The van der Waals surface area contributed by atoms with Crippen LogP contribution in [0, 0.1) is 5.92 Å². The zero-order chi connectivity index (χ0) is 22.2. The van der Waals surface area contributed by atoms with Crippen molar-refractivity contribution < 1.29 is 11.0 Å². The van der Waals surface area contributed by atoms with E-state index in [0.29, 0.717) is 18.5 Å². The highest BCUT2D eigenvalue weighted by atomic mass is 16.6. The maximum absolute atomic E-state index is 12.7. The first-order chi connectivity index (χ1) is 14.0. The molecule has 0 bridgehead atoms. The molecule has 5 nitrogen and oxygen atoms in total. The highest BCUT2D eigenvalue weighted by Gasteiger charge is 2.34. The Labute approximate surface area is 184 Å². The Bertz CT molecular complexity index is 804. The van der Waals surface area contributed by atoms with Crippen LogP contribution in [0.2, 0.25) is 0 Å². The Morgan fingerprint density at radius 1 is 1.27 bits per heavy atom. The van der Waals surface area contributed by atoms with Crippen LogP contribution >= 0.6 is 0 Å². The average molecular weight is 416 g/mol. The topological polar surface area (TPSA) is 36.0 Å². The van der Waals surface area contributed by atoms with E-state index in [2.05, 4.69) is 62.3 Å². The Balaban J connectivity index is 0.00000341. The van der Waals surface area contributed by atoms with Gasteiger partial charge in [-0.25, -0.2) is 4.79 Å². The van der Waals surface area contributed by atoms with Gasteiger partial charge in [-0.3, -0.25) is 0 Å². The highest BCUT2D eigenvalue weighted by Crippen LogP contribution is 2.38. The Hall–Kier alpha value is -2.17. The van der Waals surface area contributed by atoms with Gasteiger partial charge in [0, 0.05) is 44.2 Å². The average Bonchev–Trinajstić information content (AvgIpc) is 2.66. The number of ether oxygens (including phenoxy) is 1. The van der Waals surface area contributed by atoms with Crippen LogP contribution in [-0.4, -0.2) is 48.3 Å². The molecule has 0 aromatic heterocycles. The third kappa shape index (κ3) is 4.60. The van der Waals surface area contributed by atoms with Gasteiger partial charge in [-0.15, -0.1) is 0 Å². The third-order valence-electron chi connectivity index (χ3n) is 6.45. The zero-order valence-electron chi connectivity index (χ0n) is 19.9. The van der Waals surface area contributed by atoms with E-state index in [1.54, 1.807) is 0 Å². The van der Waals surface area contributed by atoms with Gasteiger partial charge in [-0.2, -0.15) is 0 Å². The molecule has 0 aliphatic carbocycles. The number of benzene rings is 1. The smallest absolute Gasteiger partial charge is 0.410 e. The van der Waals surface area contributed by atoms with E-state index < -0.39 is 5.60 Å². The van der Waals surface area contributed by atoms with Gasteiger partial charge < -0.3 is 19.4 Å². The molecular formula is C25H41N3O2. The first-order valence-electron chi connectivity index (χ1n) is 11.3. The minimum Gasteiger partial charge on any atom is -0.444 e. The SMILES string of the molecule is C=C(C)N1c2ccc(N3CCN(C(=O)OC(C)(C)C)C(CC)C3)cc2CC(C)[C@@H]1C.[HH]. The number of allylic oxidation sites excluding steroid dienone is 1. The summed E-state index contributed by atoms with van der Waals surface area (Å²) in [4.78, 5) is 19.4. The second-order valence-corrected chi connectivity index (χ2v) is 10.0. The molecule has 0 saturated carbocycles. The predicted octanol–water partition coefficient (Wildman–Crippen LogP) is 5.69. The van der Waals surface area contributed by atoms with Crippen molar-refractivity contribution in [3.05, 3.63) is 36.0 Å². The van der Waals surface area contributed by atoms with Gasteiger partial charge in [-0.05, 0) is 77.1 Å². The number of piperazine rings is 1. The lowest BCUT2D eigenvalue weighted by Gasteiger charge is -2.44. The number of fused-ring (bicyclic) bond motifs is 1. The molecule has 0 spiro atoms. The molecule has 2 aliphatic heterocycles. The molecule has 1 fully saturated rings. The predicted molar refractivity (Wildman–Crippen MR) is 127 cm³/mol. The normalized spacial score (nSPS) is 24.5. The van der Waals surface area contributed by atoms with E-state index in [-0.39, 0.29) is 13.6 Å². The molecule has 2 heterocycles. The lowest BCUT2D eigenvalue weighted by molar-refractivity contribution is 0.0136. The minimum atomic E-state index is -0.464. The molecule has 3 rings (SSSR count). The van der Waals surface area contributed by atoms with Gasteiger partial charge in [0.1, 0.15) is 5.60 Å². The van der Waals surface area contributed by atoms with Crippen molar-refractivity contribution in [1.82, 2.24) is 4.90 Å². The molecule has 0 N–H and O–H groups in total. The number of hydrogen-bond acceptors (Lipinski definition) is 4. The number of anilines is 2. The van der Waals surface area contributed by atoms with Crippen molar-refractivity contribution in [2.75, 3.05) is 29.4 Å². The van der Waals surface area contributed by atoms with Gasteiger partial charge in [-0.1, -0.05) is 20.4 Å². The van der Waals surface area contributed by atoms with Gasteiger partial charge in [0.2, 0.25) is 0 Å². The third-order valence-corrected chi connectivity index (χ3v) is 6.45. The van der Waals surface area contributed by atoms with Crippen molar-refractivity contribution in [1.29, 1.82) is 0 Å². The van der Waals surface area contributed by atoms with E-state index in [1.807, 2.05) is 25.7 Å². The first kappa shape index (κ1) is 22.5. The lowest BCUT2D eigenvalue weighted by Crippen LogP contribution is -2.56. The first-order valence-corrected chi connectivity index (χ1v) is 11.3. The summed E-state index contributed by atoms with van der Waals surface area (Å²) in [5.41, 5.74) is 4.56. The Morgan fingerprint density at radius 3 is 2.57 bits per heavy atom. The van der Waals surface area contributed by atoms with Crippen LogP contribution in [0.1, 0.15) is 61.9 Å². The Kier molecular flexibility index (Phi) is 6.40. The van der Waals surface area contributed by atoms with Gasteiger partial charge in [0.15, 0.2) is 0 Å². The van der Waals surface area contributed by atoms with Gasteiger partial charge >= 0.3 is 6.09 Å². The maximum atomic E-state index is 12.7. The number of amides is 1. The molecular weight excluding hydrogens is 374 g/mol. The van der Waals surface area contributed by atoms with E-state index >= 15 is 0 Å². The van der Waals surface area contributed by atoms with Crippen molar-refractivity contribution in [2.24, 2.45) is 5.92 Å². The molecule has 5 heteroatoms. The molecule has 2 aliphatic rings. The molecule has 3 atom stereocenters. The van der Waals surface area contributed by atoms with Gasteiger partial charge in [0.05, 0.1) is 6.04 Å². The molecule has 1 aromatic rings. The molecule has 1 aromatic carbocycles. The van der Waals surface area contributed by atoms with Crippen molar-refractivity contribution in [2.45, 2.75) is 79.0 Å². The summed E-state index contributed by atoms with van der Waals surface area (Å²) in [6.45, 7) is 21.2. The molecule has 2 unspecified atom stereocenters. The Morgan fingerprint density at radius 2 is 1.97 bits per heavy atom. The molecule has 1 amide bonds. The van der Waals surface area contributed by atoms with Crippen molar-refractivity contribution in [3.63, 3.8) is 0 Å². The summed E-state index contributed by atoms with van der Waals surface area (Å²) in [6, 6.07) is 7.46. The van der Waals surface area contributed by atoms with Crippen LogP contribution in [-0.2, 0) is 11.2 Å². The zero-order valence-corrected chi connectivity index (χ0v) is 19.9. The molecule has 30 heavy (non-hydrogen) atoms. The summed E-state index contributed by atoms with van der Waals surface area (Å²) in [7, 11) is 0. The van der Waals surface area contributed by atoms with E-state index in [0.717, 1.165) is 31.6 Å². The maximum Gasteiger partial charge on any atom is 0.410 e. The van der Waals surface area contributed by atoms with Crippen LogP contribution in [0.3, 0.4) is 0 Å². The number of nitrogens with zero attached hydrogens (tertiary/aromatic N) is 3. The number of carbonyl (C=O) groups excluding carboxylic acids is 1. The van der Waals surface area contributed by atoms with Crippen LogP contribution in [0.15, 0.2) is 30.5 Å². The summed E-state index contributed by atoms with van der Waals surface area (Å²) < 4.78 is 5.64. The second-order valence-electron chi connectivity index (χ2n) is 10.0. The standard InChI is InChI=1S/C25H39N3O2.H2/c1-9-21-16-26(12-13-27(21)24(29)30-25(6,7)8)22-10-11-23-20(15-22)14-18(4)19(5)28(23)17(2)3;/h10-11,15,18-19,21H,2,9,12-14,16H2,1,3-8H3;1H/t18?,19-,21?;/m0./s1. The lowest BCUT2D eigenvalue weighted by atomic mass is 9.87. The quantitative estimate of drug-likeness (QED) is 0.635.